The van der Waals surface area contributed by atoms with Crippen LogP contribution >= 0.6 is 11.8 Å². The van der Waals surface area contributed by atoms with Crippen molar-refractivity contribution < 1.29 is 5.11 Å². The summed E-state index contributed by atoms with van der Waals surface area (Å²) in [6.07, 6.45) is 5.67. The molecule has 1 saturated carbocycles. The molecule has 0 saturated heterocycles. The minimum Gasteiger partial charge on any atom is -0.387 e. The summed E-state index contributed by atoms with van der Waals surface area (Å²) in [7, 11) is 0. The third kappa shape index (κ3) is 3.05. The van der Waals surface area contributed by atoms with Gasteiger partial charge in [0.15, 0.2) is 0 Å². The highest BCUT2D eigenvalue weighted by Crippen LogP contribution is 2.40. The first-order valence-electron chi connectivity index (χ1n) is 6.63. The summed E-state index contributed by atoms with van der Waals surface area (Å²) in [6.45, 7) is 4.95. The first kappa shape index (κ1) is 13.8. The molecule has 1 aliphatic carbocycles. The molecule has 4 heteroatoms. The lowest BCUT2D eigenvalue weighted by atomic mass is 9.79. The molecule has 3 atom stereocenters. The molecule has 100 valence electrons. The maximum Gasteiger partial charge on any atom is 0.0890 e. The molecular weight excluding hydrogens is 244 g/mol. The van der Waals surface area contributed by atoms with Gasteiger partial charge in [0, 0.05) is 30.2 Å². The average molecular weight is 266 g/mol. The van der Waals surface area contributed by atoms with Crippen molar-refractivity contribution in [2.24, 2.45) is 0 Å². The van der Waals surface area contributed by atoms with Gasteiger partial charge in [-0.25, -0.2) is 0 Å². The molecule has 0 bridgehead atoms. The van der Waals surface area contributed by atoms with Gasteiger partial charge in [0.05, 0.1) is 5.60 Å². The molecule has 18 heavy (non-hydrogen) atoms. The highest BCUT2D eigenvalue weighted by Gasteiger charge is 2.44. The van der Waals surface area contributed by atoms with Crippen molar-refractivity contribution in [2.45, 2.75) is 43.6 Å². The smallest absolute Gasteiger partial charge is 0.0890 e. The van der Waals surface area contributed by atoms with Gasteiger partial charge in [-0.1, -0.05) is 6.92 Å². The van der Waals surface area contributed by atoms with E-state index in [0.29, 0.717) is 11.8 Å². The van der Waals surface area contributed by atoms with Gasteiger partial charge in [-0.3, -0.25) is 4.98 Å². The first-order chi connectivity index (χ1) is 8.65. The molecule has 0 aliphatic heterocycles. The van der Waals surface area contributed by atoms with E-state index < -0.39 is 5.60 Å². The summed E-state index contributed by atoms with van der Waals surface area (Å²) in [5, 5.41) is 14.3. The van der Waals surface area contributed by atoms with Crippen LogP contribution in [0.3, 0.4) is 0 Å². The van der Waals surface area contributed by atoms with E-state index in [1.165, 1.54) is 5.56 Å². The van der Waals surface area contributed by atoms with Crippen molar-refractivity contribution in [1.82, 2.24) is 10.3 Å². The summed E-state index contributed by atoms with van der Waals surface area (Å²) >= 11 is 1.87. The van der Waals surface area contributed by atoms with Crippen molar-refractivity contribution in [2.75, 3.05) is 12.3 Å². The summed E-state index contributed by atoms with van der Waals surface area (Å²) < 4.78 is 0. The minimum absolute atomic E-state index is 0.255. The second kappa shape index (κ2) is 6.04. The summed E-state index contributed by atoms with van der Waals surface area (Å²) in [4.78, 5) is 4.02. The molecule has 0 amide bonds. The van der Waals surface area contributed by atoms with Crippen LogP contribution in [0.4, 0.5) is 0 Å². The quantitative estimate of drug-likeness (QED) is 0.830. The minimum atomic E-state index is -0.512. The first-order valence-corrected chi connectivity index (χ1v) is 7.68. The number of nitrogens with one attached hydrogen (secondary N) is 1. The van der Waals surface area contributed by atoms with Gasteiger partial charge in [0.1, 0.15) is 0 Å². The molecule has 1 aromatic rings. The zero-order valence-electron chi connectivity index (χ0n) is 11.1. The van der Waals surface area contributed by atoms with E-state index >= 15 is 0 Å². The normalized spacial score (nSPS) is 28.7. The molecule has 1 heterocycles. The van der Waals surface area contributed by atoms with Crippen molar-refractivity contribution >= 4 is 11.8 Å². The van der Waals surface area contributed by atoms with E-state index in [1.807, 2.05) is 23.9 Å². The number of thioether (sulfide) groups is 1. The second-order valence-corrected chi connectivity index (χ2v) is 6.45. The Morgan fingerprint density at radius 1 is 1.56 bits per heavy atom. The number of hydrogen-bond acceptors (Lipinski definition) is 4. The van der Waals surface area contributed by atoms with E-state index in [-0.39, 0.29) is 6.04 Å². The predicted octanol–water partition coefficient (Wildman–Crippen LogP) is 2.38. The zero-order valence-corrected chi connectivity index (χ0v) is 11.9. The monoisotopic (exact) mass is 266 g/mol. The van der Waals surface area contributed by atoms with Crippen LogP contribution in [0.5, 0.6) is 0 Å². The fraction of sp³-hybridized carbons (Fsp3) is 0.643. The van der Waals surface area contributed by atoms with Crippen LogP contribution in [0.15, 0.2) is 24.5 Å². The fourth-order valence-electron chi connectivity index (χ4n) is 2.34. The molecule has 0 radical (unpaired) electrons. The Bertz CT molecular complexity index is 373. The van der Waals surface area contributed by atoms with E-state index in [9.17, 15) is 5.11 Å². The molecule has 1 fully saturated rings. The second-order valence-electron chi connectivity index (χ2n) is 4.97. The van der Waals surface area contributed by atoms with Crippen LogP contribution in [0.1, 0.15) is 38.3 Å². The Morgan fingerprint density at radius 2 is 2.28 bits per heavy atom. The van der Waals surface area contributed by atoms with Gasteiger partial charge in [0.2, 0.25) is 0 Å². The van der Waals surface area contributed by atoms with Crippen LogP contribution in [-0.2, 0) is 0 Å². The molecule has 0 spiro atoms. The fourth-order valence-corrected chi connectivity index (χ4v) is 3.54. The number of rotatable bonds is 6. The number of hydrogen-bond donors (Lipinski definition) is 2. The Balaban J connectivity index is 1.84. The SMILES string of the molecule is CCS[C@@H]1CC[C@]1(O)CN[C@H](C)c1ccncc1. The number of nitrogens with zero attached hydrogens (tertiary/aromatic N) is 1. The van der Waals surface area contributed by atoms with Gasteiger partial charge in [-0.15, -0.1) is 0 Å². The highest BCUT2D eigenvalue weighted by molar-refractivity contribution is 8.00. The molecule has 2 rings (SSSR count). The lowest BCUT2D eigenvalue weighted by molar-refractivity contribution is -0.0249. The van der Waals surface area contributed by atoms with E-state index in [1.54, 1.807) is 12.4 Å². The topological polar surface area (TPSA) is 45.1 Å². The molecule has 0 unspecified atom stereocenters. The Morgan fingerprint density at radius 3 is 2.83 bits per heavy atom. The summed E-state index contributed by atoms with van der Waals surface area (Å²) in [6, 6.07) is 4.28. The third-order valence-corrected chi connectivity index (χ3v) is 5.14. The summed E-state index contributed by atoms with van der Waals surface area (Å²) in [5.41, 5.74) is 0.703. The number of pyridine rings is 1. The molecule has 1 aliphatic rings. The standard InChI is InChI=1S/C14H22N2OS/c1-3-18-13-4-7-14(13,17)10-16-11(2)12-5-8-15-9-6-12/h5-6,8-9,11,13,16-17H,3-4,7,10H2,1-2H3/t11-,13-,14+/m1/s1. The Hall–Kier alpha value is -0.580. The molecule has 3 nitrogen and oxygen atoms in total. The molecule has 1 aromatic heterocycles. The highest BCUT2D eigenvalue weighted by atomic mass is 32.2. The molecule has 0 aromatic carbocycles. The predicted molar refractivity (Wildman–Crippen MR) is 76.8 cm³/mol. The Labute approximate surface area is 113 Å². The largest absolute Gasteiger partial charge is 0.387 e. The number of aromatic nitrogens is 1. The summed E-state index contributed by atoms with van der Waals surface area (Å²) in [5.74, 6) is 1.08. The third-order valence-electron chi connectivity index (χ3n) is 3.73. The van der Waals surface area contributed by atoms with Gasteiger partial charge in [0.25, 0.3) is 0 Å². The van der Waals surface area contributed by atoms with Gasteiger partial charge < -0.3 is 10.4 Å². The average Bonchev–Trinajstić information content (AvgIpc) is 2.41. The van der Waals surface area contributed by atoms with Crippen LogP contribution in [0.2, 0.25) is 0 Å². The van der Waals surface area contributed by atoms with Crippen LogP contribution in [-0.4, -0.2) is 33.2 Å². The maximum atomic E-state index is 10.5. The van der Waals surface area contributed by atoms with E-state index in [0.717, 1.165) is 18.6 Å². The lowest BCUT2D eigenvalue weighted by Gasteiger charge is -2.45. The van der Waals surface area contributed by atoms with Crippen molar-refractivity contribution in [3.05, 3.63) is 30.1 Å². The zero-order chi connectivity index (χ0) is 13.0. The van der Waals surface area contributed by atoms with Gasteiger partial charge >= 0.3 is 0 Å². The van der Waals surface area contributed by atoms with Gasteiger partial charge in [-0.2, -0.15) is 11.8 Å². The number of aliphatic hydroxyl groups is 1. The molecular formula is C14H22N2OS. The van der Waals surface area contributed by atoms with E-state index in [2.05, 4.69) is 24.1 Å². The lowest BCUT2D eigenvalue weighted by Crippen LogP contribution is -2.56. The molecule has 2 N–H and O–H groups in total. The Kier molecular flexibility index (Phi) is 4.65. The van der Waals surface area contributed by atoms with Crippen LogP contribution in [0.25, 0.3) is 0 Å². The van der Waals surface area contributed by atoms with Crippen LogP contribution < -0.4 is 5.32 Å². The van der Waals surface area contributed by atoms with Gasteiger partial charge in [-0.05, 0) is 43.2 Å². The van der Waals surface area contributed by atoms with Crippen molar-refractivity contribution in [3.63, 3.8) is 0 Å². The van der Waals surface area contributed by atoms with Crippen molar-refractivity contribution in [1.29, 1.82) is 0 Å². The van der Waals surface area contributed by atoms with Crippen LogP contribution in [0, 0.1) is 0 Å². The maximum absolute atomic E-state index is 10.5. The van der Waals surface area contributed by atoms with Crippen molar-refractivity contribution in [3.8, 4) is 0 Å². The van der Waals surface area contributed by atoms with E-state index in [4.69, 9.17) is 0 Å².